The second-order valence-electron chi connectivity index (χ2n) is 4.99. The first kappa shape index (κ1) is 14.0. The van der Waals surface area contributed by atoms with Crippen molar-refractivity contribution in [1.82, 2.24) is 4.72 Å². The first-order valence-corrected chi connectivity index (χ1v) is 7.73. The molecule has 0 aromatic heterocycles. The molecule has 0 unspecified atom stereocenters. The molecular formula is C13H18N2O3S. The quantitative estimate of drug-likeness (QED) is 0.908. The molecule has 0 radical (unpaired) electrons. The lowest BCUT2D eigenvalue weighted by atomic mass is 10.2. The molecule has 0 bridgehead atoms. The molecule has 0 atom stereocenters. The SMILES string of the molecule is CC(=O)N1CCc2cc(S(=O)(=O)NC(C)C)ccc21. The van der Waals surface area contributed by atoms with Crippen LogP contribution in [0.1, 0.15) is 26.3 Å². The third kappa shape index (κ3) is 2.79. The van der Waals surface area contributed by atoms with E-state index in [1.54, 1.807) is 36.9 Å². The summed E-state index contributed by atoms with van der Waals surface area (Å²) in [5.41, 5.74) is 1.72. The highest BCUT2D eigenvalue weighted by atomic mass is 32.2. The van der Waals surface area contributed by atoms with Crippen molar-refractivity contribution in [2.45, 2.75) is 38.1 Å². The third-order valence-electron chi connectivity index (χ3n) is 3.03. The van der Waals surface area contributed by atoms with Crippen LogP contribution < -0.4 is 9.62 Å². The van der Waals surface area contributed by atoms with E-state index in [0.29, 0.717) is 13.0 Å². The van der Waals surface area contributed by atoms with Crippen LogP contribution in [0.15, 0.2) is 23.1 Å². The van der Waals surface area contributed by atoms with E-state index < -0.39 is 10.0 Å². The fourth-order valence-corrected chi connectivity index (χ4v) is 3.55. The van der Waals surface area contributed by atoms with Crippen molar-refractivity contribution in [2.75, 3.05) is 11.4 Å². The van der Waals surface area contributed by atoms with Gasteiger partial charge >= 0.3 is 0 Å². The van der Waals surface area contributed by atoms with Crippen molar-refractivity contribution >= 4 is 21.6 Å². The van der Waals surface area contributed by atoms with Gasteiger partial charge in [-0.2, -0.15) is 0 Å². The summed E-state index contributed by atoms with van der Waals surface area (Å²) < 4.78 is 26.7. The van der Waals surface area contributed by atoms with Crippen molar-refractivity contribution in [1.29, 1.82) is 0 Å². The summed E-state index contributed by atoms with van der Waals surface area (Å²) in [7, 11) is -3.47. The van der Waals surface area contributed by atoms with Gasteiger partial charge in [-0.25, -0.2) is 13.1 Å². The number of fused-ring (bicyclic) bond motifs is 1. The highest BCUT2D eigenvalue weighted by Crippen LogP contribution is 2.30. The summed E-state index contributed by atoms with van der Waals surface area (Å²) in [5.74, 6) is -0.0188. The molecule has 19 heavy (non-hydrogen) atoms. The van der Waals surface area contributed by atoms with Gasteiger partial charge in [0.2, 0.25) is 15.9 Å². The van der Waals surface area contributed by atoms with Crippen LogP contribution in [0.4, 0.5) is 5.69 Å². The van der Waals surface area contributed by atoms with Crippen LogP contribution in [0.3, 0.4) is 0 Å². The number of hydrogen-bond donors (Lipinski definition) is 1. The Balaban J connectivity index is 2.36. The Bertz CT molecular complexity index is 608. The van der Waals surface area contributed by atoms with Crippen LogP contribution in [-0.2, 0) is 21.2 Å². The van der Waals surface area contributed by atoms with E-state index in [-0.39, 0.29) is 16.8 Å². The summed E-state index contributed by atoms with van der Waals surface area (Å²) in [6.07, 6.45) is 0.694. The Morgan fingerprint density at radius 1 is 1.37 bits per heavy atom. The van der Waals surface area contributed by atoms with Crippen LogP contribution in [0.25, 0.3) is 0 Å². The average molecular weight is 282 g/mol. The van der Waals surface area contributed by atoms with Crippen molar-refractivity contribution in [2.24, 2.45) is 0 Å². The van der Waals surface area contributed by atoms with Gasteiger partial charge in [0, 0.05) is 25.2 Å². The van der Waals surface area contributed by atoms with Gasteiger partial charge in [-0.15, -0.1) is 0 Å². The van der Waals surface area contributed by atoms with Crippen molar-refractivity contribution < 1.29 is 13.2 Å². The van der Waals surface area contributed by atoms with Gasteiger partial charge in [0.05, 0.1) is 4.90 Å². The molecule has 2 rings (SSSR count). The fraction of sp³-hybridized carbons (Fsp3) is 0.462. The van der Waals surface area contributed by atoms with Gasteiger partial charge in [0.1, 0.15) is 0 Å². The van der Waals surface area contributed by atoms with E-state index in [1.807, 2.05) is 0 Å². The lowest BCUT2D eigenvalue weighted by Crippen LogP contribution is -2.30. The Kier molecular flexibility index (Phi) is 3.64. The minimum atomic E-state index is -3.47. The molecule has 1 aliphatic heterocycles. The van der Waals surface area contributed by atoms with E-state index in [9.17, 15) is 13.2 Å². The summed E-state index contributed by atoms with van der Waals surface area (Å²) in [6.45, 7) is 5.69. The van der Waals surface area contributed by atoms with Crippen LogP contribution in [0, 0.1) is 0 Å². The number of rotatable bonds is 3. The number of anilines is 1. The van der Waals surface area contributed by atoms with Gasteiger partial charge in [-0.3, -0.25) is 4.79 Å². The van der Waals surface area contributed by atoms with Gasteiger partial charge in [-0.1, -0.05) is 0 Å². The van der Waals surface area contributed by atoms with Gasteiger partial charge in [0.15, 0.2) is 0 Å². The molecule has 0 fully saturated rings. The lowest BCUT2D eigenvalue weighted by Gasteiger charge is -2.15. The average Bonchev–Trinajstić information content (AvgIpc) is 2.69. The van der Waals surface area contributed by atoms with Crippen LogP contribution in [0.2, 0.25) is 0 Å². The number of sulfonamides is 1. The number of nitrogens with one attached hydrogen (secondary N) is 1. The predicted molar refractivity (Wildman–Crippen MR) is 73.6 cm³/mol. The second-order valence-corrected chi connectivity index (χ2v) is 6.70. The van der Waals surface area contributed by atoms with Crippen LogP contribution >= 0.6 is 0 Å². The Morgan fingerprint density at radius 2 is 2.05 bits per heavy atom. The molecule has 1 N–H and O–H groups in total. The molecule has 0 aliphatic carbocycles. The number of carbonyl (C=O) groups is 1. The van der Waals surface area contributed by atoms with Gasteiger partial charge in [-0.05, 0) is 44.0 Å². The van der Waals surface area contributed by atoms with E-state index >= 15 is 0 Å². The summed E-state index contributed by atoms with van der Waals surface area (Å²) in [6, 6.07) is 4.76. The van der Waals surface area contributed by atoms with Gasteiger partial charge in [0.25, 0.3) is 0 Å². The highest BCUT2D eigenvalue weighted by Gasteiger charge is 2.24. The number of nitrogens with zero attached hydrogens (tertiary/aromatic N) is 1. The molecule has 0 saturated carbocycles. The molecule has 1 aliphatic rings. The monoisotopic (exact) mass is 282 g/mol. The van der Waals surface area contributed by atoms with E-state index in [1.165, 1.54) is 6.92 Å². The zero-order chi connectivity index (χ0) is 14.2. The molecule has 1 amide bonds. The molecule has 104 valence electrons. The number of hydrogen-bond acceptors (Lipinski definition) is 3. The molecule has 0 spiro atoms. The van der Waals surface area contributed by atoms with E-state index in [4.69, 9.17) is 0 Å². The minimum absolute atomic E-state index is 0.0188. The fourth-order valence-electron chi connectivity index (χ4n) is 2.25. The molecule has 5 nitrogen and oxygen atoms in total. The Hall–Kier alpha value is -1.40. The van der Waals surface area contributed by atoms with Crippen LogP contribution in [0.5, 0.6) is 0 Å². The molecule has 1 heterocycles. The zero-order valence-corrected chi connectivity index (χ0v) is 12.1. The summed E-state index contributed by atoms with van der Waals surface area (Å²) in [4.78, 5) is 13.4. The number of amides is 1. The molecule has 1 aromatic carbocycles. The third-order valence-corrected chi connectivity index (χ3v) is 4.68. The maximum Gasteiger partial charge on any atom is 0.240 e. The molecular weight excluding hydrogens is 264 g/mol. The van der Waals surface area contributed by atoms with Gasteiger partial charge < -0.3 is 4.90 Å². The van der Waals surface area contributed by atoms with Crippen molar-refractivity contribution in [3.05, 3.63) is 23.8 Å². The van der Waals surface area contributed by atoms with E-state index in [0.717, 1.165) is 11.3 Å². The molecule has 0 saturated heterocycles. The molecule has 6 heteroatoms. The lowest BCUT2D eigenvalue weighted by molar-refractivity contribution is -0.116. The number of benzene rings is 1. The summed E-state index contributed by atoms with van der Waals surface area (Å²) in [5, 5.41) is 0. The smallest absolute Gasteiger partial charge is 0.240 e. The zero-order valence-electron chi connectivity index (χ0n) is 11.3. The number of carbonyl (C=O) groups excluding carboxylic acids is 1. The van der Waals surface area contributed by atoms with Crippen LogP contribution in [-0.4, -0.2) is 26.9 Å². The largest absolute Gasteiger partial charge is 0.312 e. The second kappa shape index (κ2) is 4.94. The Morgan fingerprint density at radius 3 is 2.63 bits per heavy atom. The Labute approximate surface area is 113 Å². The normalized spacial score (nSPS) is 14.8. The maximum absolute atomic E-state index is 12.1. The minimum Gasteiger partial charge on any atom is -0.312 e. The highest BCUT2D eigenvalue weighted by molar-refractivity contribution is 7.89. The van der Waals surface area contributed by atoms with Crippen molar-refractivity contribution in [3.8, 4) is 0 Å². The molecule has 1 aromatic rings. The van der Waals surface area contributed by atoms with Crippen molar-refractivity contribution in [3.63, 3.8) is 0 Å². The maximum atomic E-state index is 12.1. The first-order valence-electron chi connectivity index (χ1n) is 6.24. The summed E-state index contributed by atoms with van der Waals surface area (Å²) >= 11 is 0. The first-order chi connectivity index (χ1) is 8.81. The van der Waals surface area contributed by atoms with E-state index in [2.05, 4.69) is 4.72 Å². The predicted octanol–water partition coefficient (Wildman–Crippen LogP) is 1.28. The standard InChI is InChI=1S/C13H18N2O3S/c1-9(2)14-19(17,18)12-4-5-13-11(8-12)6-7-15(13)10(3)16/h4-5,8-9,14H,6-7H2,1-3H3. The topological polar surface area (TPSA) is 66.5 Å².